The Balaban J connectivity index is 1.39. The van der Waals surface area contributed by atoms with Crippen molar-refractivity contribution in [3.63, 3.8) is 0 Å². The number of aryl methyl sites for hydroxylation is 1. The smallest absolute Gasteiger partial charge is 0.238 e. The van der Waals surface area contributed by atoms with Crippen molar-refractivity contribution in [3.8, 4) is 0 Å². The van der Waals surface area contributed by atoms with Crippen LogP contribution in [0.2, 0.25) is 0 Å². The second-order valence-electron chi connectivity index (χ2n) is 8.16. The SMILES string of the molecule is CC(=O)Nc1ccc(NC(=O)CN2CCC(C(=O)NCc3ccc(C)c(F)c3)CC2)cc1. The third-order valence-corrected chi connectivity index (χ3v) is 5.52. The number of likely N-dealkylation sites (tertiary alicyclic amines) is 1. The molecule has 0 atom stereocenters. The molecule has 8 heteroatoms. The van der Waals surface area contributed by atoms with Crippen LogP contribution in [0.3, 0.4) is 0 Å². The summed E-state index contributed by atoms with van der Waals surface area (Å²) in [6.07, 6.45) is 1.35. The standard InChI is InChI=1S/C24H29FN4O3/c1-16-3-4-18(13-22(16)25)14-26-24(32)19-9-11-29(12-10-19)15-23(31)28-21-7-5-20(6-8-21)27-17(2)30/h3-8,13,19H,9-12,14-15H2,1-2H3,(H,26,32)(H,27,30)(H,28,31). The maximum Gasteiger partial charge on any atom is 0.238 e. The number of piperidine rings is 1. The molecule has 1 aliphatic rings. The van der Waals surface area contributed by atoms with E-state index in [2.05, 4.69) is 16.0 Å². The summed E-state index contributed by atoms with van der Waals surface area (Å²) in [5.74, 6) is -0.684. The minimum absolute atomic E-state index is 0.0330. The molecule has 170 valence electrons. The number of hydrogen-bond donors (Lipinski definition) is 3. The summed E-state index contributed by atoms with van der Waals surface area (Å²) in [6, 6.07) is 11.9. The predicted molar refractivity (Wildman–Crippen MR) is 122 cm³/mol. The fourth-order valence-corrected chi connectivity index (χ4v) is 3.68. The Labute approximate surface area is 187 Å². The minimum atomic E-state index is -0.271. The summed E-state index contributed by atoms with van der Waals surface area (Å²) in [7, 11) is 0. The summed E-state index contributed by atoms with van der Waals surface area (Å²) in [5, 5.41) is 8.42. The Morgan fingerprint density at radius 3 is 2.22 bits per heavy atom. The number of rotatable bonds is 7. The maximum atomic E-state index is 13.6. The third-order valence-electron chi connectivity index (χ3n) is 5.52. The Morgan fingerprint density at radius 2 is 1.62 bits per heavy atom. The van der Waals surface area contributed by atoms with Gasteiger partial charge in [-0.3, -0.25) is 19.3 Å². The molecule has 3 amide bonds. The van der Waals surface area contributed by atoms with Crippen molar-refractivity contribution in [2.75, 3.05) is 30.3 Å². The summed E-state index contributed by atoms with van der Waals surface area (Å²) < 4.78 is 13.6. The number of amides is 3. The molecule has 7 nitrogen and oxygen atoms in total. The Morgan fingerprint density at radius 1 is 1.00 bits per heavy atom. The number of carbonyl (C=O) groups excluding carboxylic acids is 3. The van der Waals surface area contributed by atoms with Gasteiger partial charge in [0.25, 0.3) is 0 Å². The molecule has 1 fully saturated rings. The van der Waals surface area contributed by atoms with Crippen LogP contribution < -0.4 is 16.0 Å². The number of halogens is 1. The van der Waals surface area contributed by atoms with Gasteiger partial charge >= 0.3 is 0 Å². The average molecular weight is 441 g/mol. The molecule has 0 aromatic heterocycles. The Bertz CT molecular complexity index is 970. The van der Waals surface area contributed by atoms with Gasteiger partial charge in [-0.25, -0.2) is 4.39 Å². The van der Waals surface area contributed by atoms with E-state index >= 15 is 0 Å². The quantitative estimate of drug-likeness (QED) is 0.617. The second kappa shape index (κ2) is 10.9. The van der Waals surface area contributed by atoms with Gasteiger partial charge in [-0.1, -0.05) is 12.1 Å². The molecule has 2 aromatic carbocycles. The highest BCUT2D eigenvalue weighted by Gasteiger charge is 2.25. The van der Waals surface area contributed by atoms with Gasteiger partial charge in [0.2, 0.25) is 17.7 Å². The van der Waals surface area contributed by atoms with E-state index in [4.69, 9.17) is 0 Å². The number of nitrogens with one attached hydrogen (secondary N) is 3. The molecule has 2 aromatic rings. The molecule has 32 heavy (non-hydrogen) atoms. The van der Waals surface area contributed by atoms with E-state index in [0.29, 0.717) is 49.4 Å². The lowest BCUT2D eigenvalue weighted by Gasteiger charge is -2.30. The molecular formula is C24H29FN4O3. The van der Waals surface area contributed by atoms with Gasteiger partial charge < -0.3 is 16.0 Å². The topological polar surface area (TPSA) is 90.5 Å². The van der Waals surface area contributed by atoms with Gasteiger partial charge in [0, 0.05) is 30.8 Å². The first-order valence-corrected chi connectivity index (χ1v) is 10.7. The number of anilines is 2. The van der Waals surface area contributed by atoms with E-state index < -0.39 is 0 Å². The zero-order valence-corrected chi connectivity index (χ0v) is 18.4. The van der Waals surface area contributed by atoms with Gasteiger partial charge in [0.05, 0.1) is 6.54 Å². The van der Waals surface area contributed by atoms with E-state index in [0.717, 1.165) is 5.56 Å². The molecule has 0 bridgehead atoms. The lowest BCUT2D eigenvalue weighted by atomic mass is 9.95. The lowest BCUT2D eigenvalue weighted by Crippen LogP contribution is -2.43. The molecule has 1 saturated heterocycles. The van der Waals surface area contributed by atoms with Crippen LogP contribution in [0.5, 0.6) is 0 Å². The number of hydrogen-bond acceptors (Lipinski definition) is 4. The normalized spacial score (nSPS) is 14.6. The molecule has 3 rings (SSSR count). The van der Waals surface area contributed by atoms with Gasteiger partial charge in [0.1, 0.15) is 5.82 Å². The van der Waals surface area contributed by atoms with Crippen LogP contribution in [0.15, 0.2) is 42.5 Å². The summed E-state index contributed by atoms with van der Waals surface area (Å²) in [4.78, 5) is 37.9. The first kappa shape index (κ1) is 23.4. The monoisotopic (exact) mass is 440 g/mol. The molecule has 0 unspecified atom stereocenters. The fraction of sp³-hybridized carbons (Fsp3) is 0.375. The van der Waals surface area contributed by atoms with Gasteiger partial charge in [-0.05, 0) is 74.3 Å². The molecule has 3 N–H and O–H groups in total. The van der Waals surface area contributed by atoms with Crippen molar-refractivity contribution < 1.29 is 18.8 Å². The second-order valence-corrected chi connectivity index (χ2v) is 8.16. The van der Waals surface area contributed by atoms with E-state index in [1.165, 1.54) is 13.0 Å². The van der Waals surface area contributed by atoms with Gasteiger partial charge in [-0.15, -0.1) is 0 Å². The van der Waals surface area contributed by atoms with Gasteiger partial charge in [0.15, 0.2) is 0 Å². The van der Waals surface area contributed by atoms with Crippen LogP contribution in [0, 0.1) is 18.7 Å². The van der Waals surface area contributed by atoms with Crippen molar-refractivity contribution >= 4 is 29.1 Å². The maximum absolute atomic E-state index is 13.6. The van der Waals surface area contributed by atoms with Crippen molar-refractivity contribution in [3.05, 3.63) is 59.4 Å². The fourth-order valence-electron chi connectivity index (χ4n) is 3.68. The largest absolute Gasteiger partial charge is 0.352 e. The first-order chi connectivity index (χ1) is 15.3. The molecule has 0 radical (unpaired) electrons. The van der Waals surface area contributed by atoms with E-state index in [1.807, 2.05) is 11.0 Å². The summed E-state index contributed by atoms with van der Waals surface area (Å²) in [5.41, 5.74) is 2.65. The summed E-state index contributed by atoms with van der Waals surface area (Å²) in [6.45, 7) is 5.02. The number of benzene rings is 2. The van der Waals surface area contributed by atoms with Crippen LogP contribution >= 0.6 is 0 Å². The van der Waals surface area contributed by atoms with Crippen molar-refractivity contribution in [2.45, 2.75) is 33.2 Å². The highest BCUT2D eigenvalue weighted by Crippen LogP contribution is 2.18. The number of nitrogens with zero attached hydrogens (tertiary/aromatic N) is 1. The lowest BCUT2D eigenvalue weighted by molar-refractivity contribution is -0.126. The average Bonchev–Trinajstić information content (AvgIpc) is 2.76. The van der Waals surface area contributed by atoms with E-state index in [9.17, 15) is 18.8 Å². The van der Waals surface area contributed by atoms with Crippen molar-refractivity contribution in [1.82, 2.24) is 10.2 Å². The van der Waals surface area contributed by atoms with E-state index in [1.54, 1.807) is 37.3 Å². The highest BCUT2D eigenvalue weighted by molar-refractivity contribution is 5.93. The molecular weight excluding hydrogens is 411 g/mol. The molecule has 0 saturated carbocycles. The van der Waals surface area contributed by atoms with Crippen LogP contribution in [-0.2, 0) is 20.9 Å². The zero-order valence-electron chi connectivity index (χ0n) is 18.4. The van der Waals surface area contributed by atoms with Crippen LogP contribution in [0.1, 0.15) is 30.9 Å². The van der Waals surface area contributed by atoms with Crippen LogP contribution in [0.4, 0.5) is 15.8 Å². The van der Waals surface area contributed by atoms with Crippen LogP contribution in [-0.4, -0.2) is 42.3 Å². The minimum Gasteiger partial charge on any atom is -0.352 e. The third kappa shape index (κ3) is 6.88. The Hall–Kier alpha value is -3.26. The molecule has 1 heterocycles. The first-order valence-electron chi connectivity index (χ1n) is 10.7. The van der Waals surface area contributed by atoms with Gasteiger partial charge in [-0.2, -0.15) is 0 Å². The molecule has 0 spiro atoms. The van der Waals surface area contributed by atoms with E-state index in [-0.39, 0.29) is 36.0 Å². The molecule has 1 aliphatic heterocycles. The summed E-state index contributed by atoms with van der Waals surface area (Å²) >= 11 is 0. The van der Waals surface area contributed by atoms with Crippen LogP contribution in [0.25, 0.3) is 0 Å². The molecule has 0 aliphatic carbocycles. The Kier molecular flexibility index (Phi) is 7.94. The number of carbonyl (C=O) groups is 3. The van der Waals surface area contributed by atoms with Crippen molar-refractivity contribution in [1.29, 1.82) is 0 Å². The predicted octanol–water partition coefficient (Wildman–Crippen LogP) is 3.06. The van der Waals surface area contributed by atoms with Crippen molar-refractivity contribution in [2.24, 2.45) is 5.92 Å². The zero-order chi connectivity index (χ0) is 23.1. The highest BCUT2D eigenvalue weighted by atomic mass is 19.1.